The Hall–Kier alpha value is -0.765. The molecule has 2 nitrogen and oxygen atoms in total. The van der Waals surface area contributed by atoms with Gasteiger partial charge in [-0.25, -0.2) is 0 Å². The topological polar surface area (TPSA) is 32.6 Å². The SMILES string of the molecule is [B]c1ccc(Br)cc1/C=N\O. The number of benzene rings is 1. The molecule has 0 atom stereocenters. The van der Waals surface area contributed by atoms with Gasteiger partial charge in [0.1, 0.15) is 7.85 Å². The molecule has 1 aromatic carbocycles. The van der Waals surface area contributed by atoms with Crippen LogP contribution in [0.3, 0.4) is 0 Å². The molecule has 2 radical (unpaired) electrons. The van der Waals surface area contributed by atoms with Gasteiger partial charge in [-0.2, -0.15) is 0 Å². The Bertz CT molecular complexity index is 288. The predicted octanol–water partition coefficient (Wildman–Crippen LogP) is 1.05. The van der Waals surface area contributed by atoms with Gasteiger partial charge < -0.3 is 5.21 Å². The van der Waals surface area contributed by atoms with E-state index in [0.29, 0.717) is 11.0 Å². The second-order valence-electron chi connectivity index (χ2n) is 2.02. The molecular weight excluding hydrogens is 205 g/mol. The summed E-state index contributed by atoms with van der Waals surface area (Å²) in [5.41, 5.74) is 1.29. The van der Waals surface area contributed by atoms with Crippen LogP contribution in [0.5, 0.6) is 0 Å². The molecule has 1 aromatic rings. The standard InChI is InChI=1S/C7H5BBrNO/c8-7-2-1-6(9)3-5(7)4-10-11/h1-4,11H/b10-4-. The molecule has 0 aliphatic heterocycles. The van der Waals surface area contributed by atoms with Crippen LogP contribution in [0.1, 0.15) is 5.56 Å². The highest BCUT2D eigenvalue weighted by Gasteiger charge is 1.94. The third kappa shape index (κ3) is 2.08. The summed E-state index contributed by atoms with van der Waals surface area (Å²) in [6.07, 6.45) is 1.29. The lowest BCUT2D eigenvalue weighted by Crippen LogP contribution is -2.08. The van der Waals surface area contributed by atoms with Gasteiger partial charge in [-0.05, 0) is 17.7 Å². The zero-order valence-corrected chi connectivity index (χ0v) is 7.25. The number of hydrogen-bond acceptors (Lipinski definition) is 2. The lowest BCUT2D eigenvalue weighted by atomic mass is 9.91. The molecular formula is C7H5BBrNO. The minimum Gasteiger partial charge on any atom is -0.411 e. The third-order valence-electron chi connectivity index (χ3n) is 1.25. The van der Waals surface area contributed by atoms with Crippen molar-refractivity contribution in [1.29, 1.82) is 0 Å². The summed E-state index contributed by atoms with van der Waals surface area (Å²) in [4.78, 5) is 0. The van der Waals surface area contributed by atoms with Crippen LogP contribution in [-0.4, -0.2) is 19.3 Å². The van der Waals surface area contributed by atoms with Gasteiger partial charge in [0.05, 0.1) is 6.21 Å². The molecule has 1 N–H and O–H groups in total. The van der Waals surface area contributed by atoms with Crippen molar-refractivity contribution in [1.82, 2.24) is 0 Å². The predicted molar refractivity (Wildman–Crippen MR) is 48.9 cm³/mol. The third-order valence-corrected chi connectivity index (χ3v) is 1.74. The Balaban J connectivity index is 3.12. The van der Waals surface area contributed by atoms with Crippen molar-refractivity contribution in [2.45, 2.75) is 0 Å². The molecule has 0 aromatic heterocycles. The Kier molecular flexibility index (Phi) is 2.71. The molecule has 0 aliphatic rings. The molecule has 0 saturated carbocycles. The second kappa shape index (κ2) is 3.58. The maximum atomic E-state index is 8.23. The largest absolute Gasteiger partial charge is 0.411 e. The highest BCUT2D eigenvalue weighted by Crippen LogP contribution is 2.08. The molecule has 0 bridgehead atoms. The fourth-order valence-corrected chi connectivity index (χ4v) is 1.10. The Morgan fingerprint density at radius 3 is 2.91 bits per heavy atom. The van der Waals surface area contributed by atoms with E-state index in [1.165, 1.54) is 6.21 Å². The quantitative estimate of drug-likeness (QED) is 0.319. The van der Waals surface area contributed by atoms with Crippen LogP contribution in [-0.2, 0) is 0 Å². The van der Waals surface area contributed by atoms with Gasteiger partial charge in [0.2, 0.25) is 0 Å². The molecule has 0 heterocycles. The molecule has 0 unspecified atom stereocenters. The van der Waals surface area contributed by atoms with Crippen molar-refractivity contribution in [3.63, 3.8) is 0 Å². The molecule has 0 saturated heterocycles. The van der Waals surface area contributed by atoms with Crippen LogP contribution in [0.4, 0.5) is 0 Å². The van der Waals surface area contributed by atoms with Crippen LogP contribution >= 0.6 is 15.9 Å². The van der Waals surface area contributed by atoms with Crippen LogP contribution in [0.15, 0.2) is 27.8 Å². The van der Waals surface area contributed by atoms with Crippen molar-refractivity contribution in [3.05, 3.63) is 28.2 Å². The van der Waals surface area contributed by atoms with Crippen LogP contribution in [0.2, 0.25) is 0 Å². The first kappa shape index (κ1) is 8.33. The fourth-order valence-electron chi connectivity index (χ4n) is 0.720. The van der Waals surface area contributed by atoms with Crippen molar-refractivity contribution < 1.29 is 5.21 Å². The lowest BCUT2D eigenvalue weighted by Gasteiger charge is -1.98. The highest BCUT2D eigenvalue weighted by atomic mass is 79.9. The van der Waals surface area contributed by atoms with E-state index in [1.807, 2.05) is 6.07 Å². The van der Waals surface area contributed by atoms with Crippen LogP contribution in [0.25, 0.3) is 0 Å². The van der Waals surface area contributed by atoms with Gasteiger partial charge in [-0.1, -0.05) is 32.6 Å². The molecule has 4 heteroatoms. The number of halogens is 1. The molecule has 11 heavy (non-hydrogen) atoms. The summed E-state index contributed by atoms with van der Waals surface area (Å²) in [6.45, 7) is 0. The molecule has 0 spiro atoms. The summed E-state index contributed by atoms with van der Waals surface area (Å²) in [5.74, 6) is 0. The first-order valence-corrected chi connectivity index (χ1v) is 3.76. The summed E-state index contributed by atoms with van der Waals surface area (Å²) in [5, 5.41) is 11.1. The van der Waals surface area contributed by atoms with Crippen LogP contribution in [0, 0.1) is 0 Å². The number of oxime groups is 1. The minimum absolute atomic E-state index is 0.589. The van der Waals surface area contributed by atoms with Crippen molar-refractivity contribution in [2.24, 2.45) is 5.16 Å². The molecule has 54 valence electrons. The van der Waals surface area contributed by atoms with E-state index in [1.54, 1.807) is 12.1 Å². The monoisotopic (exact) mass is 209 g/mol. The van der Waals surface area contributed by atoms with Crippen LogP contribution < -0.4 is 5.46 Å². The summed E-state index contributed by atoms with van der Waals surface area (Å²) in [7, 11) is 5.55. The van der Waals surface area contributed by atoms with E-state index in [-0.39, 0.29) is 0 Å². The van der Waals surface area contributed by atoms with E-state index in [9.17, 15) is 0 Å². The summed E-state index contributed by atoms with van der Waals surface area (Å²) in [6, 6.07) is 5.33. The zero-order chi connectivity index (χ0) is 8.27. The van der Waals surface area contributed by atoms with Gasteiger partial charge in [0, 0.05) is 4.47 Å². The Morgan fingerprint density at radius 2 is 2.27 bits per heavy atom. The van der Waals surface area contributed by atoms with Gasteiger partial charge in [-0.3, -0.25) is 0 Å². The maximum Gasteiger partial charge on any atom is 0.114 e. The van der Waals surface area contributed by atoms with E-state index in [4.69, 9.17) is 13.1 Å². The summed E-state index contributed by atoms with van der Waals surface area (Å²) >= 11 is 3.27. The fraction of sp³-hybridized carbons (Fsp3) is 0. The average Bonchev–Trinajstić information content (AvgIpc) is 1.98. The molecule has 1 rings (SSSR count). The molecule has 0 aliphatic carbocycles. The average molecular weight is 210 g/mol. The highest BCUT2D eigenvalue weighted by molar-refractivity contribution is 9.10. The number of hydrogen-bond donors (Lipinski definition) is 1. The first-order chi connectivity index (χ1) is 5.24. The maximum absolute atomic E-state index is 8.23. The van der Waals surface area contributed by atoms with E-state index >= 15 is 0 Å². The van der Waals surface area contributed by atoms with Gasteiger partial charge in [0.25, 0.3) is 0 Å². The van der Waals surface area contributed by atoms with Gasteiger partial charge in [0.15, 0.2) is 0 Å². The van der Waals surface area contributed by atoms with Gasteiger partial charge in [-0.15, -0.1) is 0 Å². The molecule has 0 fully saturated rings. The van der Waals surface area contributed by atoms with Crippen molar-refractivity contribution >= 4 is 35.5 Å². The second-order valence-corrected chi connectivity index (χ2v) is 2.93. The Morgan fingerprint density at radius 1 is 1.55 bits per heavy atom. The zero-order valence-electron chi connectivity index (χ0n) is 5.66. The smallest absolute Gasteiger partial charge is 0.114 e. The minimum atomic E-state index is 0.589. The van der Waals surface area contributed by atoms with Crippen molar-refractivity contribution in [2.75, 3.05) is 0 Å². The first-order valence-electron chi connectivity index (χ1n) is 2.96. The summed E-state index contributed by atoms with van der Waals surface area (Å²) < 4.78 is 0.904. The molecule has 0 amide bonds. The van der Waals surface area contributed by atoms with E-state index in [0.717, 1.165) is 4.47 Å². The number of rotatable bonds is 1. The lowest BCUT2D eigenvalue weighted by molar-refractivity contribution is 0.322. The van der Waals surface area contributed by atoms with E-state index < -0.39 is 0 Å². The van der Waals surface area contributed by atoms with Crippen molar-refractivity contribution in [3.8, 4) is 0 Å². The van der Waals surface area contributed by atoms with Gasteiger partial charge >= 0.3 is 0 Å². The Labute approximate surface area is 74.5 Å². The number of nitrogens with zero attached hydrogens (tertiary/aromatic N) is 1. The van der Waals surface area contributed by atoms with E-state index in [2.05, 4.69) is 21.1 Å². The normalized spacial score (nSPS) is 10.6.